The van der Waals surface area contributed by atoms with Crippen LogP contribution in [0.15, 0.2) is 57.4 Å². The van der Waals surface area contributed by atoms with E-state index >= 15 is 0 Å². The van der Waals surface area contributed by atoms with Gasteiger partial charge in [-0.15, -0.1) is 11.3 Å². The van der Waals surface area contributed by atoms with Crippen molar-refractivity contribution in [1.82, 2.24) is 4.90 Å². The summed E-state index contributed by atoms with van der Waals surface area (Å²) in [4.78, 5) is 26.6. The Hall–Kier alpha value is -2.18. The van der Waals surface area contributed by atoms with Crippen LogP contribution in [0.3, 0.4) is 0 Å². The first kappa shape index (κ1) is 17.6. The Balaban J connectivity index is 1.70. The highest BCUT2D eigenvalue weighted by atomic mass is 79.9. The average molecular weight is 418 g/mol. The standard InChI is InChI=1S/C19H16BrNO3S/c1-12(22)17-9-10-18(25-17)19(23)21(2)11-15-7-8-16(24-15)13-3-5-14(20)6-4-13/h3-10H,11H2,1-2H3. The maximum absolute atomic E-state index is 12.5. The second-order valence-corrected chi connectivity index (χ2v) is 7.65. The molecule has 1 aromatic carbocycles. The van der Waals surface area contributed by atoms with Gasteiger partial charge in [0.2, 0.25) is 0 Å². The molecule has 0 aliphatic rings. The lowest BCUT2D eigenvalue weighted by molar-refractivity contribution is 0.0780. The molecule has 0 fully saturated rings. The SMILES string of the molecule is CC(=O)c1ccc(C(=O)N(C)Cc2ccc(-c3ccc(Br)cc3)o2)s1. The van der Waals surface area contributed by atoms with E-state index in [1.807, 2.05) is 36.4 Å². The monoisotopic (exact) mass is 417 g/mol. The Morgan fingerprint density at radius 1 is 1.04 bits per heavy atom. The number of hydrogen-bond donors (Lipinski definition) is 0. The van der Waals surface area contributed by atoms with Crippen molar-refractivity contribution in [2.24, 2.45) is 0 Å². The van der Waals surface area contributed by atoms with Gasteiger partial charge in [-0.2, -0.15) is 0 Å². The molecule has 6 heteroatoms. The average Bonchev–Trinajstić information content (AvgIpc) is 3.24. The molecular formula is C19H16BrNO3S. The van der Waals surface area contributed by atoms with Gasteiger partial charge in [0.25, 0.3) is 5.91 Å². The Labute approximate surface area is 158 Å². The van der Waals surface area contributed by atoms with Gasteiger partial charge in [0.15, 0.2) is 5.78 Å². The zero-order valence-electron chi connectivity index (χ0n) is 13.8. The number of hydrogen-bond acceptors (Lipinski definition) is 4. The number of halogens is 1. The number of thiophene rings is 1. The predicted molar refractivity (Wildman–Crippen MR) is 102 cm³/mol. The fourth-order valence-corrected chi connectivity index (χ4v) is 3.53. The molecule has 1 amide bonds. The highest BCUT2D eigenvalue weighted by Gasteiger charge is 2.17. The molecule has 128 valence electrons. The Morgan fingerprint density at radius 3 is 2.36 bits per heavy atom. The van der Waals surface area contributed by atoms with Crippen molar-refractivity contribution in [2.45, 2.75) is 13.5 Å². The summed E-state index contributed by atoms with van der Waals surface area (Å²) < 4.78 is 6.86. The summed E-state index contributed by atoms with van der Waals surface area (Å²) >= 11 is 4.63. The van der Waals surface area contributed by atoms with E-state index in [0.717, 1.165) is 15.8 Å². The Bertz CT molecular complexity index is 911. The molecule has 0 aliphatic carbocycles. The summed E-state index contributed by atoms with van der Waals surface area (Å²) in [6.07, 6.45) is 0. The van der Waals surface area contributed by atoms with Crippen LogP contribution in [-0.2, 0) is 6.54 Å². The molecule has 25 heavy (non-hydrogen) atoms. The van der Waals surface area contributed by atoms with E-state index in [4.69, 9.17) is 4.42 Å². The van der Waals surface area contributed by atoms with E-state index in [1.165, 1.54) is 18.3 Å². The predicted octanol–water partition coefficient (Wildman–Crippen LogP) is 5.25. The van der Waals surface area contributed by atoms with Gasteiger partial charge in [0, 0.05) is 17.1 Å². The first-order valence-electron chi connectivity index (χ1n) is 7.65. The number of carbonyl (C=O) groups is 2. The minimum atomic E-state index is -0.126. The summed E-state index contributed by atoms with van der Waals surface area (Å²) in [7, 11) is 1.72. The number of nitrogens with zero attached hydrogens (tertiary/aromatic N) is 1. The minimum absolute atomic E-state index is 0.0307. The number of Topliss-reactive ketones (excluding diaryl/α,β-unsaturated/α-hetero) is 1. The third-order valence-electron chi connectivity index (χ3n) is 3.69. The van der Waals surface area contributed by atoms with Crippen molar-refractivity contribution in [2.75, 3.05) is 7.05 Å². The first-order valence-corrected chi connectivity index (χ1v) is 9.26. The molecule has 3 aromatic rings. The van der Waals surface area contributed by atoms with Gasteiger partial charge in [-0.05, 0) is 43.3 Å². The molecule has 0 unspecified atom stereocenters. The van der Waals surface area contributed by atoms with Crippen LogP contribution in [0.5, 0.6) is 0 Å². The summed E-state index contributed by atoms with van der Waals surface area (Å²) in [6.45, 7) is 1.86. The third-order valence-corrected chi connectivity index (χ3v) is 5.40. The van der Waals surface area contributed by atoms with Crippen LogP contribution in [0, 0.1) is 0 Å². The lowest BCUT2D eigenvalue weighted by atomic mass is 10.2. The van der Waals surface area contributed by atoms with Gasteiger partial charge in [0.1, 0.15) is 11.5 Å². The fourth-order valence-electron chi connectivity index (χ4n) is 2.37. The van der Waals surface area contributed by atoms with E-state index in [-0.39, 0.29) is 11.7 Å². The molecular weight excluding hydrogens is 402 g/mol. The topological polar surface area (TPSA) is 50.5 Å². The summed E-state index contributed by atoms with van der Waals surface area (Å²) in [5, 5.41) is 0. The van der Waals surface area contributed by atoms with Crippen LogP contribution in [0.2, 0.25) is 0 Å². The third kappa shape index (κ3) is 4.08. The number of furan rings is 1. The smallest absolute Gasteiger partial charge is 0.264 e. The molecule has 0 saturated carbocycles. The maximum Gasteiger partial charge on any atom is 0.264 e. The van der Waals surface area contributed by atoms with Gasteiger partial charge in [-0.1, -0.05) is 28.1 Å². The molecule has 0 spiro atoms. The molecule has 0 bridgehead atoms. The summed E-state index contributed by atoms with van der Waals surface area (Å²) in [6, 6.07) is 15.0. The molecule has 0 N–H and O–H groups in total. The van der Waals surface area contributed by atoms with Crippen molar-refractivity contribution in [3.63, 3.8) is 0 Å². The summed E-state index contributed by atoms with van der Waals surface area (Å²) in [5.74, 6) is 1.31. The second-order valence-electron chi connectivity index (χ2n) is 5.65. The van der Waals surface area contributed by atoms with E-state index in [1.54, 1.807) is 24.1 Å². The lowest BCUT2D eigenvalue weighted by Crippen LogP contribution is -2.25. The highest BCUT2D eigenvalue weighted by molar-refractivity contribution is 9.10. The van der Waals surface area contributed by atoms with Crippen molar-refractivity contribution in [1.29, 1.82) is 0 Å². The molecule has 2 aromatic heterocycles. The van der Waals surface area contributed by atoms with E-state index in [2.05, 4.69) is 15.9 Å². The van der Waals surface area contributed by atoms with Gasteiger partial charge >= 0.3 is 0 Å². The summed E-state index contributed by atoms with van der Waals surface area (Å²) in [5.41, 5.74) is 0.979. The lowest BCUT2D eigenvalue weighted by Gasteiger charge is -2.14. The van der Waals surface area contributed by atoms with Crippen LogP contribution >= 0.6 is 27.3 Å². The Kier molecular flexibility index (Phi) is 5.20. The second kappa shape index (κ2) is 7.37. The van der Waals surface area contributed by atoms with Crippen molar-refractivity contribution < 1.29 is 14.0 Å². The molecule has 3 rings (SSSR count). The molecule has 0 aliphatic heterocycles. The molecule has 0 radical (unpaired) electrons. The minimum Gasteiger partial charge on any atom is -0.459 e. The van der Waals surface area contributed by atoms with Crippen LogP contribution < -0.4 is 0 Å². The maximum atomic E-state index is 12.5. The van der Waals surface area contributed by atoms with Crippen molar-refractivity contribution in [3.8, 4) is 11.3 Å². The van der Waals surface area contributed by atoms with Gasteiger partial charge in [0.05, 0.1) is 16.3 Å². The van der Waals surface area contributed by atoms with E-state index < -0.39 is 0 Å². The zero-order chi connectivity index (χ0) is 18.0. The van der Waals surface area contributed by atoms with Crippen molar-refractivity contribution >= 4 is 39.0 Å². The number of ketones is 1. The van der Waals surface area contributed by atoms with E-state index in [0.29, 0.717) is 22.1 Å². The highest BCUT2D eigenvalue weighted by Crippen LogP contribution is 2.25. The molecule has 0 saturated heterocycles. The molecule has 4 nitrogen and oxygen atoms in total. The molecule has 2 heterocycles. The first-order chi connectivity index (χ1) is 11.9. The Morgan fingerprint density at radius 2 is 1.72 bits per heavy atom. The largest absolute Gasteiger partial charge is 0.459 e. The zero-order valence-corrected chi connectivity index (χ0v) is 16.2. The van der Waals surface area contributed by atoms with Crippen molar-refractivity contribution in [3.05, 3.63) is 68.5 Å². The number of benzene rings is 1. The number of amides is 1. The van der Waals surface area contributed by atoms with Crippen LogP contribution in [0.4, 0.5) is 0 Å². The normalized spacial score (nSPS) is 10.7. The number of rotatable bonds is 5. The quantitative estimate of drug-likeness (QED) is 0.532. The van der Waals surface area contributed by atoms with E-state index in [9.17, 15) is 9.59 Å². The molecule has 0 atom stereocenters. The van der Waals surface area contributed by atoms with Gasteiger partial charge in [-0.3, -0.25) is 9.59 Å². The fraction of sp³-hybridized carbons (Fsp3) is 0.158. The van der Waals surface area contributed by atoms with Gasteiger partial charge in [-0.25, -0.2) is 0 Å². The number of carbonyl (C=O) groups excluding carboxylic acids is 2. The van der Waals surface area contributed by atoms with Crippen LogP contribution in [0.1, 0.15) is 32.0 Å². The van der Waals surface area contributed by atoms with Crippen LogP contribution in [0.25, 0.3) is 11.3 Å². The van der Waals surface area contributed by atoms with Gasteiger partial charge < -0.3 is 9.32 Å². The van der Waals surface area contributed by atoms with Crippen LogP contribution in [-0.4, -0.2) is 23.6 Å².